The first-order chi connectivity index (χ1) is 9.25. The second-order valence-electron chi connectivity index (χ2n) is 5.57. The van der Waals surface area contributed by atoms with Gasteiger partial charge in [-0.3, -0.25) is 4.79 Å². The number of aromatic nitrogens is 2. The predicted molar refractivity (Wildman–Crippen MR) is 74.3 cm³/mol. The van der Waals surface area contributed by atoms with Gasteiger partial charge in [0.1, 0.15) is 4.88 Å². The molecule has 2 heterocycles. The highest BCUT2D eigenvalue weighted by Crippen LogP contribution is 2.31. The van der Waals surface area contributed by atoms with Crippen LogP contribution in [0.5, 0.6) is 0 Å². The summed E-state index contributed by atoms with van der Waals surface area (Å²) in [6.45, 7) is 4.94. The van der Waals surface area contributed by atoms with Crippen molar-refractivity contribution in [2.24, 2.45) is 5.92 Å². The molecular formula is C13H20N4OS. The van der Waals surface area contributed by atoms with Crippen molar-refractivity contribution in [1.29, 1.82) is 0 Å². The molecule has 1 aliphatic heterocycles. The van der Waals surface area contributed by atoms with Crippen molar-refractivity contribution in [3.8, 4) is 0 Å². The van der Waals surface area contributed by atoms with E-state index in [0.29, 0.717) is 12.0 Å². The Morgan fingerprint density at radius 1 is 1.37 bits per heavy atom. The minimum absolute atomic E-state index is 0.147. The number of rotatable bonds is 4. The molecule has 1 saturated carbocycles. The number of piperidine rings is 1. The molecule has 1 saturated heterocycles. The van der Waals surface area contributed by atoms with E-state index in [1.165, 1.54) is 24.4 Å². The Labute approximate surface area is 117 Å². The Morgan fingerprint density at radius 3 is 2.68 bits per heavy atom. The zero-order valence-corrected chi connectivity index (χ0v) is 12.1. The van der Waals surface area contributed by atoms with Crippen LogP contribution in [0.4, 0.5) is 0 Å². The van der Waals surface area contributed by atoms with Gasteiger partial charge >= 0.3 is 0 Å². The van der Waals surface area contributed by atoms with Gasteiger partial charge in [-0.15, -0.1) is 5.10 Å². The van der Waals surface area contributed by atoms with E-state index in [2.05, 4.69) is 19.8 Å². The number of amides is 1. The summed E-state index contributed by atoms with van der Waals surface area (Å²) in [4.78, 5) is 15.4. The highest BCUT2D eigenvalue weighted by molar-refractivity contribution is 7.07. The minimum Gasteiger partial charge on any atom is -0.335 e. The highest BCUT2D eigenvalue weighted by atomic mass is 32.1. The van der Waals surface area contributed by atoms with E-state index >= 15 is 0 Å². The van der Waals surface area contributed by atoms with Gasteiger partial charge in [0.25, 0.3) is 5.91 Å². The van der Waals surface area contributed by atoms with Crippen molar-refractivity contribution in [2.45, 2.75) is 38.6 Å². The zero-order valence-electron chi connectivity index (χ0n) is 11.3. The highest BCUT2D eigenvalue weighted by Gasteiger charge is 2.35. The molecule has 1 aromatic heterocycles. The number of aryl methyl sites for hydroxylation is 1. The largest absolute Gasteiger partial charge is 0.335 e. The van der Waals surface area contributed by atoms with E-state index in [9.17, 15) is 4.79 Å². The number of carbonyl (C=O) groups excluding carboxylic acids is 1. The number of hydrogen-bond donors (Lipinski definition) is 1. The van der Waals surface area contributed by atoms with Gasteiger partial charge in [-0.05, 0) is 63.1 Å². The Balaban J connectivity index is 1.70. The van der Waals surface area contributed by atoms with E-state index in [1.807, 2.05) is 6.92 Å². The third-order valence-corrected chi connectivity index (χ3v) is 4.82. The molecule has 2 aliphatic rings. The van der Waals surface area contributed by atoms with Crippen LogP contribution in [0.25, 0.3) is 0 Å². The van der Waals surface area contributed by atoms with E-state index in [0.717, 1.165) is 43.0 Å². The quantitative estimate of drug-likeness (QED) is 0.907. The average Bonchev–Trinajstić information content (AvgIpc) is 3.18. The van der Waals surface area contributed by atoms with Gasteiger partial charge < -0.3 is 10.2 Å². The van der Waals surface area contributed by atoms with Gasteiger partial charge in [0.05, 0.1) is 5.69 Å². The van der Waals surface area contributed by atoms with Crippen LogP contribution in [-0.2, 0) is 0 Å². The fourth-order valence-corrected chi connectivity index (χ4v) is 3.30. The van der Waals surface area contributed by atoms with Crippen molar-refractivity contribution in [1.82, 2.24) is 19.8 Å². The first-order valence-electron chi connectivity index (χ1n) is 7.06. The molecule has 0 bridgehead atoms. The Hall–Kier alpha value is -1.01. The minimum atomic E-state index is 0.147. The molecule has 0 aromatic carbocycles. The van der Waals surface area contributed by atoms with Gasteiger partial charge in [-0.25, -0.2) is 0 Å². The normalized spacial score (nSPS) is 20.5. The van der Waals surface area contributed by atoms with Gasteiger partial charge in [0, 0.05) is 12.6 Å². The molecule has 1 aromatic rings. The van der Waals surface area contributed by atoms with Crippen LogP contribution in [0, 0.1) is 12.8 Å². The molecule has 0 unspecified atom stereocenters. The maximum absolute atomic E-state index is 12.6. The molecule has 1 aliphatic carbocycles. The fourth-order valence-electron chi connectivity index (χ4n) is 2.68. The molecule has 0 spiro atoms. The van der Waals surface area contributed by atoms with Gasteiger partial charge in [0.15, 0.2) is 0 Å². The number of nitrogens with one attached hydrogen (secondary N) is 1. The molecule has 1 N–H and O–H groups in total. The molecule has 1 amide bonds. The van der Waals surface area contributed by atoms with Crippen molar-refractivity contribution >= 4 is 17.4 Å². The van der Waals surface area contributed by atoms with Crippen LogP contribution in [0.15, 0.2) is 0 Å². The zero-order chi connectivity index (χ0) is 13.2. The topological polar surface area (TPSA) is 58.1 Å². The third kappa shape index (κ3) is 2.95. The summed E-state index contributed by atoms with van der Waals surface area (Å²) in [6.07, 6.45) is 4.66. The summed E-state index contributed by atoms with van der Waals surface area (Å²) in [7, 11) is 0. The average molecular weight is 280 g/mol. The Morgan fingerprint density at radius 2 is 2.11 bits per heavy atom. The summed E-state index contributed by atoms with van der Waals surface area (Å²) in [5, 5.41) is 7.33. The molecule has 2 fully saturated rings. The summed E-state index contributed by atoms with van der Waals surface area (Å²) < 4.78 is 3.89. The summed E-state index contributed by atoms with van der Waals surface area (Å²) in [5.74, 6) is 0.792. The maximum atomic E-state index is 12.6. The Bertz CT molecular complexity index is 451. The molecule has 104 valence electrons. The molecular weight excluding hydrogens is 260 g/mol. The van der Waals surface area contributed by atoms with E-state index in [-0.39, 0.29) is 5.91 Å². The smallest absolute Gasteiger partial charge is 0.267 e. The number of carbonyl (C=O) groups is 1. The predicted octanol–water partition coefficient (Wildman–Crippen LogP) is 1.45. The standard InChI is InChI=1S/C13H20N4OS/c1-9-12(19-16-15-9)13(18)17(11-2-3-11)8-10-4-6-14-7-5-10/h10-11,14H,2-8H2,1H3. The first kappa shape index (κ1) is 13.0. The van der Waals surface area contributed by atoms with Gasteiger partial charge in [-0.1, -0.05) is 4.49 Å². The molecule has 0 atom stereocenters. The van der Waals surface area contributed by atoms with Crippen LogP contribution in [0.2, 0.25) is 0 Å². The molecule has 19 heavy (non-hydrogen) atoms. The summed E-state index contributed by atoms with van der Waals surface area (Å²) >= 11 is 1.23. The van der Waals surface area contributed by atoms with Crippen LogP contribution in [0.3, 0.4) is 0 Å². The van der Waals surface area contributed by atoms with Crippen molar-refractivity contribution < 1.29 is 4.79 Å². The first-order valence-corrected chi connectivity index (χ1v) is 7.83. The second kappa shape index (κ2) is 5.54. The lowest BCUT2D eigenvalue weighted by atomic mass is 9.97. The lowest BCUT2D eigenvalue weighted by Crippen LogP contribution is -2.40. The van der Waals surface area contributed by atoms with E-state index in [4.69, 9.17) is 0 Å². The third-order valence-electron chi connectivity index (χ3n) is 4.01. The number of nitrogens with zero attached hydrogens (tertiary/aromatic N) is 3. The maximum Gasteiger partial charge on any atom is 0.267 e. The molecule has 0 radical (unpaired) electrons. The summed E-state index contributed by atoms with van der Waals surface area (Å²) in [5.41, 5.74) is 0.769. The molecule has 3 rings (SSSR count). The summed E-state index contributed by atoms with van der Waals surface area (Å²) in [6, 6.07) is 0.462. The van der Waals surface area contributed by atoms with E-state index < -0.39 is 0 Å². The van der Waals surface area contributed by atoms with Crippen LogP contribution < -0.4 is 5.32 Å². The SMILES string of the molecule is Cc1nnsc1C(=O)N(CC1CCNCC1)C1CC1. The van der Waals surface area contributed by atoms with Crippen LogP contribution in [0.1, 0.15) is 41.0 Å². The lowest BCUT2D eigenvalue weighted by molar-refractivity contribution is 0.0705. The monoisotopic (exact) mass is 280 g/mol. The fraction of sp³-hybridized carbons (Fsp3) is 0.769. The van der Waals surface area contributed by atoms with E-state index in [1.54, 1.807) is 0 Å². The molecule has 6 heteroatoms. The van der Waals surface area contributed by atoms with Crippen LogP contribution >= 0.6 is 11.5 Å². The van der Waals surface area contributed by atoms with Gasteiger partial charge in [-0.2, -0.15) is 0 Å². The van der Waals surface area contributed by atoms with Crippen molar-refractivity contribution in [3.05, 3.63) is 10.6 Å². The Kier molecular flexibility index (Phi) is 3.79. The van der Waals surface area contributed by atoms with Crippen molar-refractivity contribution in [3.63, 3.8) is 0 Å². The number of hydrogen-bond acceptors (Lipinski definition) is 5. The second-order valence-corrected chi connectivity index (χ2v) is 6.32. The van der Waals surface area contributed by atoms with Gasteiger partial charge in [0.2, 0.25) is 0 Å². The van der Waals surface area contributed by atoms with Crippen molar-refractivity contribution in [2.75, 3.05) is 19.6 Å². The molecule has 5 nitrogen and oxygen atoms in total. The van der Waals surface area contributed by atoms with Crippen LogP contribution in [-0.4, -0.2) is 46.1 Å². The lowest BCUT2D eigenvalue weighted by Gasteiger charge is -2.30.